The third-order valence-corrected chi connectivity index (χ3v) is 8.22. The molecule has 1 aromatic carbocycles. The van der Waals surface area contributed by atoms with Crippen molar-refractivity contribution in [3.05, 3.63) is 56.4 Å². The molecule has 9 heteroatoms. The molecule has 1 aliphatic rings. The SMILES string of the molecule is CCCCN(C(=O)c1oc2ccccc2c1CSC1CCCCC1)c1c(N)n(CCC)c(=O)[nH]c1=O. The van der Waals surface area contributed by atoms with Crippen molar-refractivity contribution in [2.45, 2.75) is 82.8 Å². The predicted octanol–water partition coefficient (Wildman–Crippen LogP) is 5.29. The number of anilines is 2. The number of amides is 1. The Bertz CT molecular complexity index is 1320. The van der Waals surface area contributed by atoms with E-state index in [2.05, 4.69) is 4.98 Å². The molecule has 3 aromatic rings. The Hall–Kier alpha value is -2.94. The Balaban J connectivity index is 1.78. The highest BCUT2D eigenvalue weighted by molar-refractivity contribution is 7.99. The van der Waals surface area contributed by atoms with E-state index < -0.39 is 17.2 Å². The molecule has 1 amide bonds. The van der Waals surface area contributed by atoms with Gasteiger partial charge in [0.25, 0.3) is 11.5 Å². The molecule has 0 radical (unpaired) electrons. The van der Waals surface area contributed by atoms with Crippen molar-refractivity contribution in [1.82, 2.24) is 9.55 Å². The largest absolute Gasteiger partial charge is 0.451 e. The second kappa shape index (κ2) is 11.9. The number of hydrogen-bond acceptors (Lipinski definition) is 6. The number of furan rings is 1. The van der Waals surface area contributed by atoms with E-state index in [1.165, 1.54) is 41.6 Å². The molecular formula is C27H36N4O4S. The molecule has 0 atom stereocenters. The van der Waals surface area contributed by atoms with Crippen LogP contribution in [0.1, 0.15) is 81.3 Å². The van der Waals surface area contributed by atoms with Gasteiger partial charge in [0.05, 0.1) is 0 Å². The molecule has 2 aromatic heterocycles. The smallest absolute Gasteiger partial charge is 0.330 e. The fraction of sp³-hybridized carbons (Fsp3) is 0.519. The highest BCUT2D eigenvalue weighted by Crippen LogP contribution is 2.36. The van der Waals surface area contributed by atoms with Crippen LogP contribution < -0.4 is 21.9 Å². The second-order valence-corrected chi connectivity index (χ2v) is 10.7. The van der Waals surface area contributed by atoms with E-state index >= 15 is 0 Å². The van der Waals surface area contributed by atoms with Crippen molar-refractivity contribution in [3.8, 4) is 0 Å². The van der Waals surface area contributed by atoms with Crippen molar-refractivity contribution in [1.29, 1.82) is 0 Å². The number of aromatic amines is 1. The number of nitrogen functional groups attached to an aromatic ring is 1. The average Bonchev–Trinajstić information content (AvgIpc) is 3.26. The lowest BCUT2D eigenvalue weighted by molar-refractivity contribution is 0.0960. The Kier molecular flexibility index (Phi) is 8.61. The Labute approximate surface area is 215 Å². The van der Waals surface area contributed by atoms with E-state index in [4.69, 9.17) is 10.2 Å². The normalized spacial score (nSPS) is 14.4. The zero-order valence-electron chi connectivity index (χ0n) is 21.2. The highest BCUT2D eigenvalue weighted by atomic mass is 32.2. The number of nitrogens with one attached hydrogen (secondary N) is 1. The summed E-state index contributed by atoms with van der Waals surface area (Å²) in [6.07, 6.45) is 8.31. The number of rotatable bonds is 10. The minimum absolute atomic E-state index is 0.00398. The summed E-state index contributed by atoms with van der Waals surface area (Å²) in [5, 5.41) is 1.49. The molecule has 8 nitrogen and oxygen atoms in total. The maximum Gasteiger partial charge on any atom is 0.330 e. The number of hydrogen-bond donors (Lipinski definition) is 2. The second-order valence-electron chi connectivity index (χ2n) is 9.43. The van der Waals surface area contributed by atoms with Gasteiger partial charge in [-0.3, -0.25) is 24.0 Å². The number of para-hydroxylation sites is 1. The maximum atomic E-state index is 14.1. The minimum atomic E-state index is -0.663. The van der Waals surface area contributed by atoms with E-state index in [0.29, 0.717) is 42.5 Å². The van der Waals surface area contributed by atoms with Crippen LogP contribution in [0.2, 0.25) is 0 Å². The molecule has 0 bridgehead atoms. The fourth-order valence-electron chi connectivity index (χ4n) is 4.89. The van der Waals surface area contributed by atoms with Gasteiger partial charge < -0.3 is 10.2 Å². The molecule has 4 rings (SSSR count). The molecule has 0 spiro atoms. The fourth-order valence-corrected chi connectivity index (χ4v) is 6.24. The first-order valence-electron chi connectivity index (χ1n) is 13.0. The number of nitrogens with two attached hydrogens (primary N) is 1. The van der Waals surface area contributed by atoms with Gasteiger partial charge in [-0.25, -0.2) is 4.79 Å². The number of thioether (sulfide) groups is 1. The first kappa shape index (κ1) is 26.1. The number of H-pyrrole nitrogens is 1. The van der Waals surface area contributed by atoms with Crippen LogP contribution in [0.25, 0.3) is 11.0 Å². The standard InChI is InChI=1S/C27H36N4O4S/c1-3-5-16-30(22-24(28)31(15-4-2)27(34)29-25(22)32)26(33)23-20(17-36-18-11-7-6-8-12-18)19-13-9-10-14-21(19)35-23/h9-10,13-14,18H,3-8,11-12,15-17,28H2,1-2H3,(H,29,32,34). The molecule has 3 N–H and O–H groups in total. The van der Waals surface area contributed by atoms with Gasteiger partial charge in [-0.1, -0.05) is 57.7 Å². The third-order valence-electron chi connectivity index (χ3n) is 6.82. The first-order chi connectivity index (χ1) is 17.5. The van der Waals surface area contributed by atoms with Crippen LogP contribution in [0.15, 0.2) is 38.3 Å². The first-order valence-corrected chi connectivity index (χ1v) is 14.1. The van der Waals surface area contributed by atoms with Crippen LogP contribution in [0, 0.1) is 0 Å². The number of carbonyl (C=O) groups is 1. The Morgan fingerprint density at radius 2 is 1.92 bits per heavy atom. The highest BCUT2D eigenvalue weighted by Gasteiger charge is 2.30. The number of aromatic nitrogens is 2. The lowest BCUT2D eigenvalue weighted by Gasteiger charge is -2.24. The van der Waals surface area contributed by atoms with E-state index in [1.807, 2.05) is 49.9 Å². The minimum Gasteiger partial charge on any atom is -0.451 e. The van der Waals surface area contributed by atoms with Gasteiger partial charge in [0, 0.05) is 35.0 Å². The zero-order chi connectivity index (χ0) is 25.7. The summed E-state index contributed by atoms with van der Waals surface area (Å²) in [6.45, 7) is 4.57. The maximum absolute atomic E-state index is 14.1. The molecule has 1 aliphatic carbocycles. The number of nitrogens with zero attached hydrogens (tertiary/aromatic N) is 2. The molecule has 1 saturated carbocycles. The number of fused-ring (bicyclic) bond motifs is 1. The van der Waals surface area contributed by atoms with Crippen LogP contribution in [-0.4, -0.2) is 27.3 Å². The van der Waals surface area contributed by atoms with Crippen molar-refractivity contribution in [2.24, 2.45) is 0 Å². The molecule has 0 saturated heterocycles. The van der Waals surface area contributed by atoms with Crippen molar-refractivity contribution >= 4 is 40.1 Å². The molecule has 0 unspecified atom stereocenters. The van der Waals surface area contributed by atoms with Gasteiger partial charge in [0.15, 0.2) is 11.4 Å². The van der Waals surface area contributed by atoms with Gasteiger partial charge in [-0.05, 0) is 31.7 Å². The summed E-state index contributed by atoms with van der Waals surface area (Å²) < 4.78 is 7.46. The third kappa shape index (κ3) is 5.40. The van der Waals surface area contributed by atoms with Crippen LogP contribution in [-0.2, 0) is 12.3 Å². The summed E-state index contributed by atoms with van der Waals surface area (Å²) in [5.41, 5.74) is 6.62. The summed E-state index contributed by atoms with van der Waals surface area (Å²) in [5.74, 6) is 0.496. The lowest BCUT2D eigenvalue weighted by atomic mass is 10.0. The van der Waals surface area contributed by atoms with Gasteiger partial charge in [-0.2, -0.15) is 11.8 Å². The summed E-state index contributed by atoms with van der Waals surface area (Å²) in [4.78, 5) is 43.2. The van der Waals surface area contributed by atoms with Gasteiger partial charge in [-0.15, -0.1) is 0 Å². The number of unbranched alkanes of at least 4 members (excludes halogenated alkanes) is 1. The molecule has 0 aliphatic heterocycles. The summed E-state index contributed by atoms with van der Waals surface area (Å²) in [7, 11) is 0. The van der Waals surface area contributed by atoms with Gasteiger partial charge >= 0.3 is 5.69 Å². The lowest BCUT2D eigenvalue weighted by Crippen LogP contribution is -2.41. The quantitative estimate of drug-likeness (QED) is 0.382. The van der Waals surface area contributed by atoms with Gasteiger partial charge in [0.2, 0.25) is 0 Å². The van der Waals surface area contributed by atoms with Crippen molar-refractivity contribution in [2.75, 3.05) is 17.2 Å². The van der Waals surface area contributed by atoms with Crippen LogP contribution in [0.3, 0.4) is 0 Å². The number of benzene rings is 1. The van der Waals surface area contributed by atoms with Crippen molar-refractivity contribution in [3.63, 3.8) is 0 Å². The van der Waals surface area contributed by atoms with Crippen LogP contribution in [0.5, 0.6) is 0 Å². The van der Waals surface area contributed by atoms with E-state index in [1.54, 1.807) is 0 Å². The Morgan fingerprint density at radius 3 is 2.64 bits per heavy atom. The molecular weight excluding hydrogens is 476 g/mol. The molecule has 2 heterocycles. The van der Waals surface area contributed by atoms with Crippen LogP contribution in [0.4, 0.5) is 11.5 Å². The number of carbonyl (C=O) groups excluding carboxylic acids is 1. The Morgan fingerprint density at radius 1 is 1.17 bits per heavy atom. The van der Waals surface area contributed by atoms with E-state index in [0.717, 1.165) is 17.4 Å². The van der Waals surface area contributed by atoms with Crippen LogP contribution >= 0.6 is 11.8 Å². The van der Waals surface area contributed by atoms with Crippen molar-refractivity contribution < 1.29 is 9.21 Å². The van der Waals surface area contributed by atoms with Gasteiger partial charge in [0.1, 0.15) is 11.4 Å². The molecule has 36 heavy (non-hydrogen) atoms. The predicted molar refractivity (Wildman–Crippen MR) is 147 cm³/mol. The van der Waals surface area contributed by atoms with E-state index in [9.17, 15) is 14.4 Å². The zero-order valence-corrected chi connectivity index (χ0v) is 22.0. The summed E-state index contributed by atoms with van der Waals surface area (Å²) in [6, 6.07) is 7.67. The average molecular weight is 513 g/mol. The van der Waals surface area contributed by atoms with E-state index in [-0.39, 0.29) is 17.3 Å². The summed E-state index contributed by atoms with van der Waals surface area (Å²) >= 11 is 1.88. The monoisotopic (exact) mass is 512 g/mol. The topological polar surface area (TPSA) is 114 Å². The molecule has 1 fully saturated rings. The molecule has 194 valence electrons.